The second-order valence-corrected chi connectivity index (χ2v) is 9.90. The Balaban J connectivity index is 2.05. The molecule has 2 aliphatic carbocycles. The van der Waals surface area contributed by atoms with Crippen LogP contribution in [0.25, 0.3) is 0 Å². The van der Waals surface area contributed by atoms with Crippen molar-refractivity contribution in [2.24, 2.45) is 47.3 Å². The smallest absolute Gasteiger partial charge is 0.0998 e. The highest BCUT2D eigenvalue weighted by molar-refractivity contribution is 5.06. The van der Waals surface area contributed by atoms with Crippen LogP contribution in [0.15, 0.2) is 24.7 Å². The first kappa shape index (κ1) is 20.6. The Morgan fingerprint density at radius 1 is 0.720 bits per heavy atom. The summed E-state index contributed by atoms with van der Waals surface area (Å²) in [4.78, 5) is 0. The molecule has 0 aliphatic heterocycles. The maximum atomic E-state index is 6.40. The van der Waals surface area contributed by atoms with Crippen molar-refractivity contribution in [3.8, 4) is 0 Å². The Morgan fingerprint density at radius 2 is 1.08 bits per heavy atom. The topological polar surface area (TPSA) is 9.23 Å². The molecule has 0 bridgehead atoms. The zero-order valence-electron chi connectivity index (χ0n) is 17.7. The SMILES string of the molecule is C=C(OC(=C)C1CC(C)CCC1C(C)C)C1CC(C)CCC1C(C)C. The molecule has 0 saturated heterocycles. The molecule has 1 nitrogen and oxygen atoms in total. The molecule has 6 atom stereocenters. The van der Waals surface area contributed by atoms with Crippen LogP contribution in [-0.2, 0) is 4.74 Å². The quantitative estimate of drug-likeness (QED) is 0.454. The average Bonchev–Trinajstić information content (AvgIpc) is 2.53. The maximum Gasteiger partial charge on any atom is 0.0998 e. The van der Waals surface area contributed by atoms with Gasteiger partial charge in [0.05, 0.1) is 11.5 Å². The van der Waals surface area contributed by atoms with Crippen LogP contribution in [0.4, 0.5) is 0 Å². The molecule has 0 aromatic heterocycles. The van der Waals surface area contributed by atoms with Gasteiger partial charge in [0.1, 0.15) is 0 Å². The van der Waals surface area contributed by atoms with Crippen molar-refractivity contribution < 1.29 is 4.74 Å². The van der Waals surface area contributed by atoms with Gasteiger partial charge in [-0.25, -0.2) is 0 Å². The van der Waals surface area contributed by atoms with Crippen LogP contribution < -0.4 is 0 Å². The van der Waals surface area contributed by atoms with Gasteiger partial charge >= 0.3 is 0 Å². The molecule has 2 saturated carbocycles. The third-order valence-electron chi connectivity index (χ3n) is 7.13. The van der Waals surface area contributed by atoms with E-state index < -0.39 is 0 Å². The standard InChI is InChI=1S/C24H42O/c1-15(2)21-11-9-17(5)13-23(21)19(7)25-20(8)24-14-18(6)10-12-22(24)16(3)4/h15-18,21-24H,7-14H2,1-6H3. The minimum atomic E-state index is 0.499. The normalized spacial score (nSPS) is 36.5. The second kappa shape index (κ2) is 8.78. The van der Waals surface area contributed by atoms with Crippen LogP contribution in [0.3, 0.4) is 0 Å². The molecular weight excluding hydrogens is 304 g/mol. The number of ether oxygens (including phenoxy) is 1. The van der Waals surface area contributed by atoms with E-state index in [1.165, 1.54) is 38.5 Å². The number of hydrogen-bond donors (Lipinski definition) is 0. The Labute approximate surface area is 157 Å². The molecule has 2 fully saturated rings. The zero-order chi connectivity index (χ0) is 18.7. The third-order valence-corrected chi connectivity index (χ3v) is 7.13. The van der Waals surface area contributed by atoms with Crippen LogP contribution >= 0.6 is 0 Å². The van der Waals surface area contributed by atoms with Gasteiger partial charge in [-0.05, 0) is 61.2 Å². The van der Waals surface area contributed by atoms with E-state index in [2.05, 4.69) is 54.7 Å². The molecule has 6 unspecified atom stereocenters. The van der Waals surface area contributed by atoms with Gasteiger partial charge in [0.2, 0.25) is 0 Å². The molecule has 2 rings (SSSR count). The minimum Gasteiger partial charge on any atom is -0.467 e. The summed E-state index contributed by atoms with van der Waals surface area (Å²) >= 11 is 0. The summed E-state index contributed by atoms with van der Waals surface area (Å²) in [6.45, 7) is 22.9. The Morgan fingerprint density at radius 3 is 1.40 bits per heavy atom. The van der Waals surface area contributed by atoms with Crippen molar-refractivity contribution >= 4 is 0 Å². The fraction of sp³-hybridized carbons (Fsp3) is 0.833. The van der Waals surface area contributed by atoms with Gasteiger partial charge in [0.15, 0.2) is 0 Å². The van der Waals surface area contributed by atoms with Gasteiger partial charge in [0.25, 0.3) is 0 Å². The molecular formula is C24H42O. The fourth-order valence-corrected chi connectivity index (χ4v) is 5.46. The Kier molecular flexibility index (Phi) is 7.23. The lowest BCUT2D eigenvalue weighted by atomic mass is 9.69. The highest BCUT2D eigenvalue weighted by atomic mass is 16.5. The lowest BCUT2D eigenvalue weighted by Gasteiger charge is -2.41. The molecule has 0 radical (unpaired) electrons. The summed E-state index contributed by atoms with van der Waals surface area (Å²) in [5, 5.41) is 0. The first-order chi connectivity index (χ1) is 11.7. The zero-order valence-corrected chi connectivity index (χ0v) is 17.7. The molecule has 2 aliphatic rings. The predicted octanol–water partition coefficient (Wildman–Crippen LogP) is 7.45. The summed E-state index contributed by atoms with van der Waals surface area (Å²) in [5.74, 6) is 7.38. The summed E-state index contributed by atoms with van der Waals surface area (Å²) in [6.07, 6.45) is 7.78. The first-order valence-corrected chi connectivity index (χ1v) is 10.8. The van der Waals surface area contributed by atoms with Gasteiger partial charge in [-0.2, -0.15) is 0 Å². The highest BCUT2D eigenvalue weighted by Gasteiger charge is 2.36. The third kappa shape index (κ3) is 5.14. The van der Waals surface area contributed by atoms with Crippen molar-refractivity contribution in [2.45, 2.75) is 80.1 Å². The Bertz CT molecular complexity index is 419. The monoisotopic (exact) mass is 346 g/mol. The average molecular weight is 347 g/mol. The minimum absolute atomic E-state index is 0.499. The molecule has 0 aromatic rings. The Hall–Kier alpha value is -0.720. The predicted molar refractivity (Wildman–Crippen MR) is 109 cm³/mol. The van der Waals surface area contributed by atoms with E-state index in [0.717, 1.165) is 23.4 Å². The number of hydrogen-bond acceptors (Lipinski definition) is 1. The molecule has 0 heterocycles. The van der Waals surface area contributed by atoms with E-state index in [4.69, 9.17) is 4.74 Å². The van der Waals surface area contributed by atoms with Crippen LogP contribution in [0.5, 0.6) is 0 Å². The van der Waals surface area contributed by atoms with Crippen molar-refractivity contribution in [3.05, 3.63) is 24.7 Å². The fourth-order valence-electron chi connectivity index (χ4n) is 5.46. The molecule has 0 amide bonds. The highest BCUT2D eigenvalue weighted by Crippen LogP contribution is 2.45. The number of rotatable bonds is 6. The second-order valence-electron chi connectivity index (χ2n) is 9.90. The lowest BCUT2D eigenvalue weighted by molar-refractivity contribution is 0.0802. The van der Waals surface area contributed by atoms with E-state index in [-0.39, 0.29) is 0 Å². The summed E-state index contributed by atoms with van der Waals surface area (Å²) in [5.41, 5.74) is 0. The van der Waals surface area contributed by atoms with Crippen LogP contribution in [0.2, 0.25) is 0 Å². The molecule has 0 aromatic carbocycles. The molecule has 25 heavy (non-hydrogen) atoms. The van der Waals surface area contributed by atoms with Crippen molar-refractivity contribution in [3.63, 3.8) is 0 Å². The summed E-state index contributed by atoms with van der Waals surface area (Å²) in [6, 6.07) is 0. The van der Waals surface area contributed by atoms with Gasteiger partial charge < -0.3 is 4.74 Å². The lowest BCUT2D eigenvalue weighted by Crippen LogP contribution is -2.32. The van der Waals surface area contributed by atoms with Crippen molar-refractivity contribution in [1.82, 2.24) is 0 Å². The van der Waals surface area contributed by atoms with E-state index in [0.29, 0.717) is 35.5 Å². The van der Waals surface area contributed by atoms with Gasteiger partial charge in [-0.15, -0.1) is 0 Å². The van der Waals surface area contributed by atoms with Gasteiger partial charge in [-0.3, -0.25) is 0 Å². The molecule has 1 heteroatoms. The largest absolute Gasteiger partial charge is 0.467 e. The van der Waals surface area contributed by atoms with E-state index in [1.807, 2.05) is 0 Å². The van der Waals surface area contributed by atoms with Gasteiger partial charge in [0, 0.05) is 11.8 Å². The van der Waals surface area contributed by atoms with E-state index in [1.54, 1.807) is 0 Å². The number of allylic oxidation sites excluding steroid dienone is 2. The van der Waals surface area contributed by atoms with Crippen molar-refractivity contribution in [2.75, 3.05) is 0 Å². The van der Waals surface area contributed by atoms with Crippen LogP contribution in [-0.4, -0.2) is 0 Å². The van der Waals surface area contributed by atoms with Crippen LogP contribution in [0, 0.1) is 47.3 Å². The molecule has 0 spiro atoms. The van der Waals surface area contributed by atoms with Gasteiger partial charge in [-0.1, -0.05) is 67.5 Å². The van der Waals surface area contributed by atoms with Crippen LogP contribution in [0.1, 0.15) is 80.1 Å². The first-order valence-electron chi connectivity index (χ1n) is 10.8. The van der Waals surface area contributed by atoms with E-state index in [9.17, 15) is 0 Å². The maximum absolute atomic E-state index is 6.40. The summed E-state index contributed by atoms with van der Waals surface area (Å²) < 4.78 is 6.40. The molecule has 0 N–H and O–H groups in total. The van der Waals surface area contributed by atoms with Crippen molar-refractivity contribution in [1.29, 1.82) is 0 Å². The molecule has 144 valence electrons. The summed E-state index contributed by atoms with van der Waals surface area (Å²) in [7, 11) is 0. The van der Waals surface area contributed by atoms with E-state index >= 15 is 0 Å².